The fraction of sp³-hybridized carbons (Fsp3) is 0.304. The first-order valence-corrected chi connectivity index (χ1v) is 11.1. The zero-order valence-electron chi connectivity index (χ0n) is 17.2. The van der Waals surface area contributed by atoms with E-state index in [-0.39, 0.29) is 17.7 Å². The van der Waals surface area contributed by atoms with E-state index in [0.717, 1.165) is 22.9 Å². The highest BCUT2D eigenvalue weighted by atomic mass is 79.9. The number of benzene rings is 2. The molecule has 3 aromatic rings. The second kappa shape index (κ2) is 9.43. The number of piperidine rings is 1. The minimum atomic E-state index is -0.0524. The Morgan fingerprint density at radius 2 is 2.06 bits per heavy atom. The first kappa shape index (κ1) is 21.2. The van der Waals surface area contributed by atoms with Gasteiger partial charge in [-0.25, -0.2) is 0 Å². The third-order valence-corrected chi connectivity index (χ3v) is 5.79. The monoisotopic (exact) mass is 482 g/mol. The summed E-state index contributed by atoms with van der Waals surface area (Å²) in [6.45, 7) is 3.06. The molecule has 2 amide bonds. The largest absolute Gasteiger partial charge is 0.339 e. The molecular weight excluding hydrogens is 460 g/mol. The first-order valence-electron chi connectivity index (χ1n) is 10.3. The van der Waals surface area contributed by atoms with Crippen molar-refractivity contribution in [2.45, 2.75) is 32.1 Å². The predicted molar refractivity (Wildman–Crippen MR) is 121 cm³/mol. The van der Waals surface area contributed by atoms with Crippen molar-refractivity contribution in [1.82, 2.24) is 15.0 Å². The van der Waals surface area contributed by atoms with Gasteiger partial charge >= 0.3 is 0 Å². The van der Waals surface area contributed by atoms with Crippen LogP contribution in [0, 0.1) is 0 Å². The molecular formula is C23H23BrN4O3. The molecule has 1 fully saturated rings. The summed E-state index contributed by atoms with van der Waals surface area (Å²) >= 11 is 3.42. The number of carbonyl (C=O) groups excluding carboxylic acids is 2. The maximum absolute atomic E-state index is 12.9. The van der Waals surface area contributed by atoms with E-state index in [0.29, 0.717) is 42.5 Å². The molecule has 4 rings (SSSR count). The van der Waals surface area contributed by atoms with Gasteiger partial charge in [0.05, 0.1) is 5.92 Å². The number of aromatic nitrogens is 2. The topological polar surface area (TPSA) is 88.3 Å². The van der Waals surface area contributed by atoms with Crippen LogP contribution in [0.4, 0.5) is 5.69 Å². The van der Waals surface area contributed by atoms with E-state index in [1.807, 2.05) is 53.4 Å². The molecule has 1 aromatic heterocycles. The van der Waals surface area contributed by atoms with E-state index in [1.54, 1.807) is 6.92 Å². The highest BCUT2D eigenvalue weighted by Gasteiger charge is 2.29. The molecule has 0 aliphatic carbocycles. The summed E-state index contributed by atoms with van der Waals surface area (Å²) in [6.07, 6.45) is 2.17. The van der Waals surface area contributed by atoms with E-state index >= 15 is 0 Å². The molecule has 1 N–H and O–H groups in total. The van der Waals surface area contributed by atoms with Crippen molar-refractivity contribution in [2.24, 2.45) is 0 Å². The fourth-order valence-electron chi connectivity index (χ4n) is 3.67. The van der Waals surface area contributed by atoms with Crippen LogP contribution in [0.5, 0.6) is 0 Å². The summed E-state index contributed by atoms with van der Waals surface area (Å²) in [5.41, 5.74) is 2.12. The maximum Gasteiger partial charge on any atom is 0.253 e. The number of carbonyl (C=O) groups is 2. The number of nitrogens with one attached hydrogen (secondary N) is 1. The van der Waals surface area contributed by atoms with Crippen molar-refractivity contribution < 1.29 is 14.1 Å². The van der Waals surface area contributed by atoms with Crippen LogP contribution >= 0.6 is 15.9 Å². The zero-order valence-corrected chi connectivity index (χ0v) is 18.8. The van der Waals surface area contributed by atoms with Gasteiger partial charge in [0.2, 0.25) is 17.6 Å². The lowest BCUT2D eigenvalue weighted by atomic mass is 9.97. The number of amides is 2. The quantitative estimate of drug-likeness (QED) is 0.560. The lowest BCUT2D eigenvalue weighted by Crippen LogP contribution is -2.39. The first-order chi connectivity index (χ1) is 15.0. The van der Waals surface area contributed by atoms with Gasteiger partial charge in [0.1, 0.15) is 0 Å². The molecule has 0 radical (unpaired) electrons. The molecule has 31 heavy (non-hydrogen) atoms. The number of rotatable bonds is 5. The smallest absolute Gasteiger partial charge is 0.253 e. The van der Waals surface area contributed by atoms with Crippen molar-refractivity contribution in [3.8, 4) is 11.4 Å². The van der Waals surface area contributed by atoms with Gasteiger partial charge in [0, 0.05) is 40.8 Å². The molecule has 160 valence electrons. The van der Waals surface area contributed by atoms with Gasteiger partial charge in [0.25, 0.3) is 5.91 Å². The van der Waals surface area contributed by atoms with Gasteiger partial charge in [-0.2, -0.15) is 4.98 Å². The lowest BCUT2D eigenvalue weighted by molar-refractivity contribution is -0.115. The molecule has 0 spiro atoms. The normalized spacial score (nSPS) is 16.2. The number of hydrogen-bond donors (Lipinski definition) is 1. The Bertz CT molecular complexity index is 1100. The lowest BCUT2D eigenvalue weighted by Gasteiger charge is -2.31. The van der Waals surface area contributed by atoms with Gasteiger partial charge in [-0.15, -0.1) is 0 Å². The summed E-state index contributed by atoms with van der Waals surface area (Å²) in [5.74, 6) is 0.949. The van der Waals surface area contributed by atoms with Crippen molar-refractivity contribution >= 4 is 33.4 Å². The van der Waals surface area contributed by atoms with Gasteiger partial charge in [0.15, 0.2) is 0 Å². The number of hydrogen-bond acceptors (Lipinski definition) is 5. The van der Waals surface area contributed by atoms with Gasteiger partial charge in [-0.05, 0) is 43.2 Å². The van der Waals surface area contributed by atoms with Crippen LogP contribution in [0.25, 0.3) is 11.4 Å². The Hall–Kier alpha value is -3.00. The minimum absolute atomic E-state index is 0.00473. The Labute approximate surface area is 189 Å². The Kier molecular flexibility index (Phi) is 6.46. The summed E-state index contributed by atoms with van der Waals surface area (Å²) in [6, 6.07) is 14.8. The van der Waals surface area contributed by atoms with Crippen LogP contribution in [0.1, 0.15) is 48.4 Å². The van der Waals surface area contributed by atoms with Gasteiger partial charge < -0.3 is 14.7 Å². The van der Waals surface area contributed by atoms with E-state index in [4.69, 9.17) is 4.52 Å². The number of likely N-dealkylation sites (tertiary alicyclic amines) is 1. The third kappa shape index (κ3) is 5.02. The number of anilines is 1. The van der Waals surface area contributed by atoms with Crippen molar-refractivity contribution in [3.63, 3.8) is 0 Å². The maximum atomic E-state index is 12.9. The van der Waals surface area contributed by atoms with Crippen LogP contribution in [0.15, 0.2) is 57.5 Å². The number of halogens is 1. The fourth-order valence-corrected chi connectivity index (χ4v) is 4.07. The molecule has 0 saturated carbocycles. The molecule has 8 heteroatoms. The molecule has 1 aliphatic rings. The SMILES string of the molecule is CCC(=O)Nc1cccc(-c2noc(C3CCCN(C(=O)c4cccc(Br)c4)C3)n2)c1. The van der Waals surface area contributed by atoms with Crippen molar-refractivity contribution in [1.29, 1.82) is 0 Å². The van der Waals surface area contributed by atoms with Crippen LogP contribution in [0.3, 0.4) is 0 Å². The molecule has 1 atom stereocenters. The highest BCUT2D eigenvalue weighted by molar-refractivity contribution is 9.10. The minimum Gasteiger partial charge on any atom is -0.339 e. The van der Waals surface area contributed by atoms with E-state index in [2.05, 4.69) is 31.4 Å². The Morgan fingerprint density at radius 3 is 2.87 bits per heavy atom. The summed E-state index contributed by atoms with van der Waals surface area (Å²) in [5, 5.41) is 6.97. The van der Waals surface area contributed by atoms with Crippen molar-refractivity contribution in [2.75, 3.05) is 18.4 Å². The number of nitrogens with zero attached hydrogens (tertiary/aromatic N) is 3. The third-order valence-electron chi connectivity index (χ3n) is 5.30. The second-order valence-corrected chi connectivity index (χ2v) is 8.46. The molecule has 2 heterocycles. The molecule has 2 aromatic carbocycles. The molecule has 0 bridgehead atoms. The summed E-state index contributed by atoms with van der Waals surface area (Å²) in [4.78, 5) is 31.0. The van der Waals surface area contributed by atoms with Crippen LogP contribution in [-0.4, -0.2) is 39.9 Å². The van der Waals surface area contributed by atoms with E-state index in [9.17, 15) is 9.59 Å². The zero-order chi connectivity index (χ0) is 21.8. The van der Waals surface area contributed by atoms with E-state index in [1.165, 1.54) is 0 Å². The molecule has 7 nitrogen and oxygen atoms in total. The predicted octanol–water partition coefficient (Wildman–Crippen LogP) is 4.87. The van der Waals surface area contributed by atoms with Gasteiger partial charge in [-0.3, -0.25) is 9.59 Å². The summed E-state index contributed by atoms with van der Waals surface area (Å²) < 4.78 is 6.44. The van der Waals surface area contributed by atoms with Crippen molar-refractivity contribution in [3.05, 3.63) is 64.5 Å². The van der Waals surface area contributed by atoms with Crippen LogP contribution in [-0.2, 0) is 4.79 Å². The van der Waals surface area contributed by atoms with Crippen LogP contribution < -0.4 is 5.32 Å². The molecule has 1 unspecified atom stereocenters. The van der Waals surface area contributed by atoms with Crippen LogP contribution in [0.2, 0.25) is 0 Å². The summed E-state index contributed by atoms with van der Waals surface area (Å²) in [7, 11) is 0. The Balaban J connectivity index is 1.48. The molecule has 1 saturated heterocycles. The standard InChI is InChI=1S/C23H23BrN4O3/c1-2-20(29)25-19-10-4-6-15(13-19)21-26-22(31-27-21)17-8-5-11-28(14-17)23(30)16-7-3-9-18(24)12-16/h3-4,6-7,9-10,12-13,17H,2,5,8,11,14H2,1H3,(H,25,29). The average Bonchev–Trinajstić information content (AvgIpc) is 3.29. The average molecular weight is 483 g/mol. The van der Waals surface area contributed by atoms with E-state index < -0.39 is 0 Å². The Morgan fingerprint density at radius 1 is 1.23 bits per heavy atom. The highest BCUT2D eigenvalue weighted by Crippen LogP contribution is 2.29. The van der Waals surface area contributed by atoms with Gasteiger partial charge in [-0.1, -0.05) is 46.2 Å². The molecule has 1 aliphatic heterocycles. The second-order valence-electron chi connectivity index (χ2n) is 7.54.